The molecule has 8 heteroatoms. The molecule has 3 aromatic rings. The van der Waals surface area contributed by atoms with Gasteiger partial charge < -0.3 is 15.0 Å². The Bertz CT molecular complexity index is 1040. The van der Waals surface area contributed by atoms with Crippen molar-refractivity contribution < 1.29 is 13.9 Å². The Morgan fingerprint density at radius 3 is 2.67 bits per heavy atom. The number of hydrogen-bond acceptors (Lipinski definition) is 5. The lowest BCUT2D eigenvalue weighted by atomic mass is 10.2. The normalized spacial score (nSPS) is 13.9. The van der Waals surface area contributed by atoms with Crippen molar-refractivity contribution in [1.29, 1.82) is 0 Å². The molecule has 0 unspecified atom stereocenters. The SMILES string of the molecule is O=C(Nc1ccc(N2CCOCC2)c(F)c1)c1ccccc1Sc1ccc(Br)cn1. The van der Waals surface area contributed by atoms with E-state index in [0.29, 0.717) is 43.2 Å². The van der Waals surface area contributed by atoms with Crippen LogP contribution in [0.15, 0.2) is 75.2 Å². The molecule has 1 saturated heterocycles. The van der Waals surface area contributed by atoms with E-state index in [0.717, 1.165) is 14.4 Å². The topological polar surface area (TPSA) is 54.5 Å². The van der Waals surface area contributed by atoms with Crippen LogP contribution < -0.4 is 10.2 Å². The molecule has 4 rings (SSSR count). The first-order valence-electron chi connectivity index (χ1n) is 9.42. The average Bonchev–Trinajstić information content (AvgIpc) is 2.76. The van der Waals surface area contributed by atoms with Crippen molar-refractivity contribution in [3.63, 3.8) is 0 Å². The van der Waals surface area contributed by atoms with Crippen molar-refractivity contribution in [1.82, 2.24) is 4.98 Å². The van der Waals surface area contributed by atoms with Crippen molar-refractivity contribution in [2.75, 3.05) is 36.5 Å². The molecule has 0 radical (unpaired) electrons. The van der Waals surface area contributed by atoms with Crippen molar-refractivity contribution in [3.8, 4) is 0 Å². The highest BCUT2D eigenvalue weighted by atomic mass is 79.9. The lowest BCUT2D eigenvalue weighted by molar-refractivity contribution is 0.102. The summed E-state index contributed by atoms with van der Waals surface area (Å²) in [6, 6.07) is 15.8. The zero-order valence-corrected chi connectivity index (χ0v) is 18.4. The number of carbonyl (C=O) groups is 1. The molecule has 0 aliphatic carbocycles. The van der Waals surface area contributed by atoms with Crippen LogP contribution in [-0.4, -0.2) is 37.2 Å². The standard InChI is InChI=1S/C22H19BrFN3O2S/c23-15-5-8-21(25-14-15)30-20-4-2-1-3-17(20)22(28)26-16-6-7-19(18(24)13-16)27-9-11-29-12-10-27/h1-8,13-14H,9-12H2,(H,26,28). The van der Waals surface area contributed by atoms with Crippen LogP contribution in [-0.2, 0) is 4.74 Å². The molecule has 1 aliphatic rings. The minimum Gasteiger partial charge on any atom is -0.378 e. The molecular formula is C22H19BrFN3O2S. The molecule has 0 bridgehead atoms. The molecule has 1 N–H and O–H groups in total. The zero-order chi connectivity index (χ0) is 20.9. The second kappa shape index (κ2) is 9.59. The summed E-state index contributed by atoms with van der Waals surface area (Å²) in [4.78, 5) is 19.9. The molecule has 1 aromatic heterocycles. The summed E-state index contributed by atoms with van der Waals surface area (Å²) < 4.78 is 20.8. The molecule has 1 fully saturated rings. The van der Waals surface area contributed by atoms with Gasteiger partial charge in [0.05, 0.1) is 24.5 Å². The maximum Gasteiger partial charge on any atom is 0.256 e. The highest BCUT2D eigenvalue weighted by molar-refractivity contribution is 9.10. The first-order chi connectivity index (χ1) is 14.6. The Hall–Kier alpha value is -2.42. The van der Waals surface area contributed by atoms with Crippen LogP contribution in [0.3, 0.4) is 0 Å². The maximum atomic E-state index is 14.6. The Morgan fingerprint density at radius 2 is 1.93 bits per heavy atom. The fourth-order valence-electron chi connectivity index (χ4n) is 3.12. The lowest BCUT2D eigenvalue weighted by Gasteiger charge is -2.29. The van der Waals surface area contributed by atoms with Gasteiger partial charge in [-0.3, -0.25) is 4.79 Å². The van der Waals surface area contributed by atoms with Gasteiger partial charge in [-0.1, -0.05) is 23.9 Å². The molecule has 154 valence electrons. The molecule has 0 atom stereocenters. The molecule has 0 saturated carbocycles. The van der Waals surface area contributed by atoms with Crippen LogP contribution in [0, 0.1) is 5.82 Å². The van der Waals surface area contributed by atoms with E-state index in [4.69, 9.17) is 4.74 Å². The summed E-state index contributed by atoms with van der Waals surface area (Å²) in [7, 11) is 0. The van der Waals surface area contributed by atoms with Crippen LogP contribution >= 0.6 is 27.7 Å². The third kappa shape index (κ3) is 5.00. The van der Waals surface area contributed by atoms with Gasteiger partial charge in [0.1, 0.15) is 10.8 Å². The van der Waals surface area contributed by atoms with Crippen LogP contribution in [0.1, 0.15) is 10.4 Å². The molecule has 1 amide bonds. The summed E-state index contributed by atoms with van der Waals surface area (Å²) in [6.45, 7) is 2.47. The summed E-state index contributed by atoms with van der Waals surface area (Å²) in [5.41, 5.74) is 1.44. The van der Waals surface area contributed by atoms with E-state index >= 15 is 0 Å². The number of benzene rings is 2. The fraction of sp³-hybridized carbons (Fsp3) is 0.182. The first kappa shape index (κ1) is 20.8. The number of halogens is 2. The van der Waals surface area contributed by atoms with E-state index in [9.17, 15) is 9.18 Å². The number of morpholine rings is 1. The average molecular weight is 488 g/mol. The van der Waals surface area contributed by atoms with Gasteiger partial charge in [0.15, 0.2) is 0 Å². The minimum absolute atomic E-state index is 0.297. The number of pyridine rings is 1. The van der Waals surface area contributed by atoms with Crippen LogP contribution in [0.25, 0.3) is 0 Å². The van der Waals surface area contributed by atoms with Gasteiger partial charge in [0.25, 0.3) is 5.91 Å². The number of ether oxygens (including phenoxy) is 1. The molecule has 0 spiro atoms. The van der Waals surface area contributed by atoms with E-state index in [1.165, 1.54) is 17.8 Å². The van der Waals surface area contributed by atoms with Gasteiger partial charge in [-0.25, -0.2) is 9.37 Å². The van der Waals surface area contributed by atoms with Crippen molar-refractivity contribution >= 4 is 45.0 Å². The number of amides is 1. The van der Waals surface area contributed by atoms with E-state index < -0.39 is 0 Å². The maximum absolute atomic E-state index is 14.6. The number of nitrogens with one attached hydrogen (secondary N) is 1. The zero-order valence-electron chi connectivity index (χ0n) is 16.0. The molecule has 30 heavy (non-hydrogen) atoms. The number of aromatic nitrogens is 1. The molecule has 2 heterocycles. The Morgan fingerprint density at radius 1 is 1.13 bits per heavy atom. The number of anilines is 2. The highest BCUT2D eigenvalue weighted by Gasteiger charge is 2.17. The predicted molar refractivity (Wildman–Crippen MR) is 120 cm³/mol. The van der Waals surface area contributed by atoms with Gasteiger partial charge >= 0.3 is 0 Å². The van der Waals surface area contributed by atoms with Gasteiger partial charge in [0, 0.05) is 34.3 Å². The second-order valence-electron chi connectivity index (χ2n) is 6.63. The second-order valence-corrected chi connectivity index (χ2v) is 8.61. The molecule has 2 aromatic carbocycles. The first-order valence-corrected chi connectivity index (χ1v) is 11.0. The van der Waals surface area contributed by atoms with Gasteiger partial charge in [-0.15, -0.1) is 0 Å². The van der Waals surface area contributed by atoms with E-state index in [-0.39, 0.29) is 11.7 Å². The Labute approximate surface area is 186 Å². The predicted octanol–water partition coefficient (Wildman–Crippen LogP) is 5.22. The molecule has 1 aliphatic heterocycles. The van der Waals surface area contributed by atoms with E-state index in [1.807, 2.05) is 29.2 Å². The molecule has 5 nitrogen and oxygen atoms in total. The van der Waals surface area contributed by atoms with Crippen molar-refractivity contribution in [3.05, 3.63) is 76.6 Å². The number of nitrogens with zero attached hydrogens (tertiary/aromatic N) is 2. The largest absolute Gasteiger partial charge is 0.378 e. The number of carbonyl (C=O) groups excluding carboxylic acids is 1. The summed E-state index contributed by atoms with van der Waals surface area (Å²) >= 11 is 4.77. The van der Waals surface area contributed by atoms with E-state index in [1.54, 1.807) is 30.5 Å². The van der Waals surface area contributed by atoms with Gasteiger partial charge in [-0.2, -0.15) is 0 Å². The van der Waals surface area contributed by atoms with Crippen LogP contribution in [0.2, 0.25) is 0 Å². The Kier molecular flexibility index (Phi) is 6.66. The van der Waals surface area contributed by atoms with Crippen molar-refractivity contribution in [2.45, 2.75) is 9.92 Å². The fourth-order valence-corrected chi connectivity index (χ4v) is 4.24. The van der Waals surface area contributed by atoms with Gasteiger partial charge in [0.2, 0.25) is 0 Å². The third-order valence-corrected chi connectivity index (χ3v) is 6.10. The minimum atomic E-state index is -0.364. The lowest BCUT2D eigenvalue weighted by Crippen LogP contribution is -2.36. The third-order valence-electron chi connectivity index (χ3n) is 4.60. The molecular weight excluding hydrogens is 469 g/mol. The van der Waals surface area contributed by atoms with E-state index in [2.05, 4.69) is 26.2 Å². The number of rotatable bonds is 5. The monoisotopic (exact) mass is 487 g/mol. The Balaban J connectivity index is 1.50. The smallest absolute Gasteiger partial charge is 0.256 e. The van der Waals surface area contributed by atoms with Gasteiger partial charge in [-0.05, 0) is 58.4 Å². The summed E-state index contributed by atoms with van der Waals surface area (Å²) in [6.07, 6.45) is 1.71. The quantitative estimate of drug-likeness (QED) is 0.534. The van der Waals surface area contributed by atoms with Crippen LogP contribution in [0.5, 0.6) is 0 Å². The van der Waals surface area contributed by atoms with Crippen molar-refractivity contribution in [2.24, 2.45) is 0 Å². The summed E-state index contributed by atoms with van der Waals surface area (Å²) in [5, 5.41) is 3.58. The van der Waals surface area contributed by atoms with Crippen LogP contribution in [0.4, 0.5) is 15.8 Å². The number of hydrogen-bond donors (Lipinski definition) is 1. The highest BCUT2D eigenvalue weighted by Crippen LogP contribution is 2.30. The summed E-state index contributed by atoms with van der Waals surface area (Å²) in [5.74, 6) is -0.662.